The summed E-state index contributed by atoms with van der Waals surface area (Å²) in [7, 11) is -3.97. The summed E-state index contributed by atoms with van der Waals surface area (Å²) in [4.78, 5) is 0. The second-order valence-corrected chi connectivity index (χ2v) is 28.4. The van der Waals surface area contributed by atoms with Gasteiger partial charge < -0.3 is 18.3 Å². The van der Waals surface area contributed by atoms with Crippen molar-refractivity contribution in [2.24, 2.45) is 0 Å². The van der Waals surface area contributed by atoms with Crippen molar-refractivity contribution >= 4 is 33.5 Å². The largest absolute Gasteiger partial charge is 0.378 e. The zero-order valence-electron chi connectivity index (χ0n) is 19.7. The summed E-state index contributed by atoms with van der Waals surface area (Å²) in [5, 5.41) is 0. The molecule has 0 amide bonds. The predicted molar refractivity (Wildman–Crippen MR) is 127 cm³/mol. The van der Waals surface area contributed by atoms with Crippen molar-refractivity contribution in [3.8, 4) is 0 Å². The molecule has 0 aliphatic carbocycles. The fraction of sp³-hybridized carbons (Fsp3) is 1.00. The summed E-state index contributed by atoms with van der Waals surface area (Å²) in [6.07, 6.45) is 1.28. The van der Waals surface area contributed by atoms with E-state index in [1.807, 2.05) is 0 Å². The van der Waals surface area contributed by atoms with Gasteiger partial charge in [-0.1, -0.05) is 72.0 Å². The number of hydrogen-bond donors (Lipinski definition) is 0. The Kier molecular flexibility index (Phi) is 12.0. The lowest BCUT2D eigenvalue weighted by molar-refractivity contribution is 0.0438. The van der Waals surface area contributed by atoms with Crippen LogP contribution in [0.25, 0.3) is 0 Å². The van der Waals surface area contributed by atoms with Crippen molar-refractivity contribution in [1.29, 1.82) is 0 Å². The summed E-state index contributed by atoms with van der Waals surface area (Å²) in [5.74, 6) is 0. The van der Waals surface area contributed by atoms with Gasteiger partial charge in [0.05, 0.1) is 35.2 Å². The van der Waals surface area contributed by atoms with Gasteiger partial charge in [0.1, 0.15) is 24.7 Å². The lowest BCUT2D eigenvalue weighted by Gasteiger charge is -2.43. The van der Waals surface area contributed by atoms with Gasteiger partial charge in [-0.25, -0.2) is 0 Å². The van der Waals surface area contributed by atoms with Crippen LogP contribution in [0.3, 0.4) is 0 Å². The van der Waals surface area contributed by atoms with Crippen molar-refractivity contribution in [3.05, 3.63) is 0 Å². The molecule has 0 rings (SSSR count). The lowest BCUT2D eigenvalue weighted by atomic mass is 10.6. The van der Waals surface area contributed by atoms with Crippen molar-refractivity contribution in [2.75, 3.05) is 45.7 Å². The summed E-state index contributed by atoms with van der Waals surface area (Å²) in [6.45, 7) is 32.0. The molecule has 0 fully saturated rings. The molecule has 0 aliphatic heterocycles. The minimum atomic E-state index is -1.26. The van der Waals surface area contributed by atoms with Gasteiger partial charge in [-0.2, -0.15) is 0 Å². The van der Waals surface area contributed by atoms with Crippen molar-refractivity contribution < 1.29 is 9.47 Å². The molecule has 0 atom stereocenters. The molecule has 1 radical (unpaired) electrons. The van der Waals surface area contributed by atoms with Gasteiger partial charge in [-0.15, -0.1) is 0 Å². The standard InChI is InChI=1S/C18H47N2O2Si4/c1-23(2)18-19(24(3,4)5)12-14-21-16-17-22-15-13-20(25(6,7)8)26(9,10)11/h12-18H2,1-11H3. The Morgan fingerprint density at radius 1 is 0.615 bits per heavy atom. The quantitative estimate of drug-likeness (QED) is 0.298. The van der Waals surface area contributed by atoms with E-state index in [0.29, 0.717) is 0 Å². The Morgan fingerprint density at radius 2 is 1.04 bits per heavy atom. The number of nitrogens with zero attached hydrogens (tertiary/aromatic N) is 2. The summed E-state index contributed by atoms with van der Waals surface area (Å²) < 4.78 is 17.2. The third-order valence-electron chi connectivity index (χ3n) is 4.41. The van der Waals surface area contributed by atoms with E-state index in [4.69, 9.17) is 9.47 Å². The number of hydrogen-bond acceptors (Lipinski definition) is 4. The smallest absolute Gasteiger partial charge is 0.118 e. The van der Waals surface area contributed by atoms with Gasteiger partial charge in [0, 0.05) is 13.1 Å². The molecule has 0 aromatic carbocycles. The van der Waals surface area contributed by atoms with Crippen molar-refractivity contribution in [3.63, 3.8) is 0 Å². The first kappa shape index (κ1) is 26.7. The highest BCUT2D eigenvalue weighted by Gasteiger charge is 2.33. The molecule has 0 unspecified atom stereocenters. The van der Waals surface area contributed by atoms with Gasteiger partial charge in [-0.05, 0) is 6.17 Å². The van der Waals surface area contributed by atoms with E-state index in [9.17, 15) is 0 Å². The molecule has 26 heavy (non-hydrogen) atoms. The molecular formula is C18H47N2O2Si4. The van der Waals surface area contributed by atoms with Crippen LogP contribution in [-0.2, 0) is 9.47 Å². The molecule has 0 aromatic rings. The first-order valence-corrected chi connectivity index (χ1v) is 23.2. The molecule has 0 heterocycles. The van der Waals surface area contributed by atoms with Gasteiger partial charge >= 0.3 is 0 Å². The monoisotopic (exact) mass is 435 g/mol. The lowest BCUT2D eigenvalue weighted by Crippen LogP contribution is -2.59. The SMILES string of the molecule is C[Si](C)CN(CCOCCOCCN([Si](C)(C)C)[Si](C)(C)C)[Si](C)(C)C. The third kappa shape index (κ3) is 12.2. The van der Waals surface area contributed by atoms with Crippen LogP contribution >= 0.6 is 0 Å². The van der Waals surface area contributed by atoms with Crippen LogP contribution in [0.1, 0.15) is 0 Å². The van der Waals surface area contributed by atoms with Crippen molar-refractivity contribution in [2.45, 2.75) is 72.0 Å². The Labute approximate surface area is 169 Å². The van der Waals surface area contributed by atoms with E-state index >= 15 is 0 Å². The maximum absolute atomic E-state index is 5.87. The van der Waals surface area contributed by atoms with Crippen molar-refractivity contribution in [1.82, 2.24) is 8.80 Å². The Balaban J connectivity index is 4.00. The zero-order chi connectivity index (χ0) is 20.6. The van der Waals surface area contributed by atoms with E-state index in [2.05, 4.69) is 80.8 Å². The fourth-order valence-electron chi connectivity index (χ4n) is 3.36. The van der Waals surface area contributed by atoms with Crippen LogP contribution < -0.4 is 0 Å². The number of rotatable bonds is 14. The summed E-state index contributed by atoms with van der Waals surface area (Å²) in [5.41, 5.74) is 0. The molecule has 0 saturated carbocycles. The summed E-state index contributed by atoms with van der Waals surface area (Å²) in [6, 6.07) is 0. The first-order chi connectivity index (χ1) is 11.7. The molecule has 0 aromatic heterocycles. The van der Waals surface area contributed by atoms with E-state index < -0.39 is 24.7 Å². The van der Waals surface area contributed by atoms with Crippen LogP contribution in [0.5, 0.6) is 0 Å². The molecule has 0 aliphatic rings. The van der Waals surface area contributed by atoms with Crippen LogP contribution in [0.4, 0.5) is 0 Å². The Bertz CT molecular complexity index is 363. The van der Waals surface area contributed by atoms with Gasteiger partial charge in [-0.3, -0.25) is 0 Å². The maximum Gasteiger partial charge on any atom is 0.118 e. The molecule has 157 valence electrons. The van der Waals surface area contributed by atoms with E-state index in [1.165, 1.54) is 6.17 Å². The second-order valence-electron chi connectivity index (χ2n) is 10.5. The van der Waals surface area contributed by atoms with E-state index in [1.54, 1.807) is 0 Å². The molecule has 4 nitrogen and oxygen atoms in total. The molecule has 8 heteroatoms. The van der Waals surface area contributed by atoms with Crippen LogP contribution in [-0.4, -0.2) is 88.0 Å². The van der Waals surface area contributed by atoms with Crippen LogP contribution in [0.15, 0.2) is 0 Å². The van der Waals surface area contributed by atoms with Gasteiger partial charge in [0.2, 0.25) is 0 Å². The minimum absolute atomic E-state index is 0.219. The molecule has 0 N–H and O–H groups in total. The normalized spacial score (nSPS) is 14.1. The highest BCUT2D eigenvalue weighted by Crippen LogP contribution is 2.19. The van der Waals surface area contributed by atoms with Gasteiger partial charge in [0.25, 0.3) is 0 Å². The fourth-order valence-corrected chi connectivity index (χ4v) is 17.5. The minimum Gasteiger partial charge on any atom is -0.378 e. The van der Waals surface area contributed by atoms with E-state index in [0.717, 1.165) is 39.5 Å². The average molecular weight is 436 g/mol. The number of ether oxygens (including phenoxy) is 2. The highest BCUT2D eigenvalue weighted by molar-refractivity contribution is 6.89. The maximum atomic E-state index is 5.87. The Morgan fingerprint density at radius 3 is 1.38 bits per heavy atom. The molecule has 0 spiro atoms. The molecular weight excluding hydrogens is 389 g/mol. The highest BCUT2D eigenvalue weighted by atomic mass is 28.4. The second kappa shape index (κ2) is 11.6. The molecule has 0 saturated heterocycles. The van der Waals surface area contributed by atoms with Gasteiger partial charge in [0.15, 0.2) is 0 Å². The van der Waals surface area contributed by atoms with Crippen LogP contribution in [0.2, 0.25) is 72.0 Å². The van der Waals surface area contributed by atoms with E-state index in [-0.39, 0.29) is 8.80 Å². The molecule has 0 bridgehead atoms. The zero-order valence-corrected chi connectivity index (χ0v) is 23.7. The average Bonchev–Trinajstić information content (AvgIpc) is 2.39. The predicted octanol–water partition coefficient (Wildman–Crippen LogP) is 4.42. The Hall–Kier alpha value is 0.708. The topological polar surface area (TPSA) is 24.9 Å². The summed E-state index contributed by atoms with van der Waals surface area (Å²) >= 11 is 0. The first-order valence-electron chi connectivity index (χ1n) is 10.1. The third-order valence-corrected chi connectivity index (χ3v) is 15.7. The van der Waals surface area contributed by atoms with Crippen LogP contribution in [0, 0.1) is 0 Å².